The minimum absolute atomic E-state index is 0.122. The maximum Gasteiger partial charge on any atom is 0.201 e. The van der Waals surface area contributed by atoms with Gasteiger partial charge in [-0.25, -0.2) is 4.39 Å². The molecule has 2 rings (SSSR count). The minimum Gasteiger partial charge on any atom is -0.453 e. The molecule has 0 saturated heterocycles. The van der Waals surface area contributed by atoms with Crippen molar-refractivity contribution in [1.29, 1.82) is 0 Å². The standard InChI is InChI=1S/C15H13BrClF2NO/c1-8(20-2)9-3-4-13(11(17)5-9)21-14-7-10(16)6-12(18)15(14)19/h3-8,20H,1-2H3. The molecule has 0 radical (unpaired) electrons. The molecule has 6 heteroatoms. The fraction of sp³-hybridized carbons (Fsp3) is 0.200. The molecule has 0 spiro atoms. The predicted molar refractivity (Wildman–Crippen MR) is 83.1 cm³/mol. The molecule has 0 saturated carbocycles. The lowest BCUT2D eigenvalue weighted by Gasteiger charge is -2.14. The quantitative estimate of drug-likeness (QED) is 0.716. The maximum absolute atomic E-state index is 13.7. The Balaban J connectivity index is 2.32. The summed E-state index contributed by atoms with van der Waals surface area (Å²) in [6.07, 6.45) is 0. The Bertz CT molecular complexity index is 666. The lowest BCUT2D eigenvalue weighted by atomic mass is 10.1. The molecule has 2 aromatic carbocycles. The van der Waals surface area contributed by atoms with Crippen LogP contribution in [0, 0.1) is 11.6 Å². The number of benzene rings is 2. The molecule has 112 valence electrons. The Morgan fingerprint density at radius 2 is 1.90 bits per heavy atom. The van der Waals surface area contributed by atoms with Crippen LogP contribution in [-0.4, -0.2) is 7.05 Å². The molecule has 1 N–H and O–H groups in total. The number of ether oxygens (including phenoxy) is 1. The first-order chi connectivity index (χ1) is 9.92. The van der Waals surface area contributed by atoms with Gasteiger partial charge in [0, 0.05) is 10.5 Å². The van der Waals surface area contributed by atoms with Crippen molar-refractivity contribution in [1.82, 2.24) is 5.32 Å². The first kappa shape index (κ1) is 16.2. The van der Waals surface area contributed by atoms with Gasteiger partial charge in [-0.1, -0.05) is 33.6 Å². The number of rotatable bonds is 4. The molecule has 0 aliphatic rings. The molecule has 21 heavy (non-hydrogen) atoms. The van der Waals surface area contributed by atoms with Crippen LogP contribution in [0.5, 0.6) is 11.5 Å². The van der Waals surface area contributed by atoms with E-state index in [9.17, 15) is 8.78 Å². The minimum atomic E-state index is -1.05. The van der Waals surface area contributed by atoms with E-state index >= 15 is 0 Å². The predicted octanol–water partition coefficient (Wildman–Crippen LogP) is 5.45. The highest BCUT2D eigenvalue weighted by Crippen LogP contribution is 2.34. The zero-order valence-corrected chi connectivity index (χ0v) is 13.7. The van der Waals surface area contributed by atoms with Gasteiger partial charge >= 0.3 is 0 Å². The summed E-state index contributed by atoms with van der Waals surface area (Å²) in [6, 6.07) is 7.67. The second-order valence-corrected chi connectivity index (χ2v) is 5.82. The maximum atomic E-state index is 13.7. The number of hydrogen-bond acceptors (Lipinski definition) is 2. The van der Waals surface area contributed by atoms with Crippen molar-refractivity contribution in [3.05, 3.63) is 57.0 Å². The van der Waals surface area contributed by atoms with E-state index < -0.39 is 11.6 Å². The van der Waals surface area contributed by atoms with Gasteiger partial charge in [-0.3, -0.25) is 0 Å². The second-order valence-electron chi connectivity index (χ2n) is 4.50. The van der Waals surface area contributed by atoms with E-state index in [1.807, 2.05) is 20.0 Å². The van der Waals surface area contributed by atoms with Gasteiger partial charge in [0.25, 0.3) is 0 Å². The summed E-state index contributed by atoms with van der Waals surface area (Å²) < 4.78 is 32.8. The monoisotopic (exact) mass is 375 g/mol. The zero-order chi connectivity index (χ0) is 15.6. The average molecular weight is 377 g/mol. The van der Waals surface area contributed by atoms with Crippen molar-refractivity contribution >= 4 is 27.5 Å². The highest BCUT2D eigenvalue weighted by atomic mass is 79.9. The van der Waals surface area contributed by atoms with Gasteiger partial charge in [0.05, 0.1) is 5.02 Å². The van der Waals surface area contributed by atoms with E-state index in [-0.39, 0.29) is 17.5 Å². The summed E-state index contributed by atoms with van der Waals surface area (Å²) in [5.41, 5.74) is 0.968. The molecule has 2 nitrogen and oxygen atoms in total. The smallest absolute Gasteiger partial charge is 0.201 e. The molecule has 1 unspecified atom stereocenters. The van der Waals surface area contributed by atoms with Crippen LogP contribution in [0.25, 0.3) is 0 Å². The van der Waals surface area contributed by atoms with Crippen LogP contribution >= 0.6 is 27.5 Å². The third-order valence-corrected chi connectivity index (χ3v) is 3.82. The average Bonchev–Trinajstić information content (AvgIpc) is 2.45. The van der Waals surface area contributed by atoms with Crippen molar-refractivity contribution < 1.29 is 13.5 Å². The topological polar surface area (TPSA) is 21.3 Å². The van der Waals surface area contributed by atoms with Gasteiger partial charge in [-0.15, -0.1) is 0 Å². The zero-order valence-electron chi connectivity index (χ0n) is 11.4. The number of nitrogens with one attached hydrogen (secondary N) is 1. The van der Waals surface area contributed by atoms with Crippen molar-refractivity contribution in [3.8, 4) is 11.5 Å². The Kier molecular flexibility index (Phi) is 5.19. The molecule has 0 fully saturated rings. The summed E-state index contributed by atoms with van der Waals surface area (Å²) in [4.78, 5) is 0. The van der Waals surface area contributed by atoms with Crippen molar-refractivity contribution in [3.63, 3.8) is 0 Å². The molecule has 0 aliphatic carbocycles. The summed E-state index contributed by atoms with van der Waals surface area (Å²) >= 11 is 9.22. The first-order valence-electron chi connectivity index (χ1n) is 6.21. The van der Waals surface area contributed by atoms with Crippen LogP contribution in [0.2, 0.25) is 5.02 Å². The van der Waals surface area contributed by atoms with E-state index in [0.29, 0.717) is 9.50 Å². The molecule has 0 amide bonds. The first-order valence-corrected chi connectivity index (χ1v) is 7.38. The van der Waals surface area contributed by atoms with E-state index in [2.05, 4.69) is 21.2 Å². The van der Waals surface area contributed by atoms with Gasteiger partial charge < -0.3 is 10.1 Å². The number of hydrogen-bond donors (Lipinski definition) is 1. The molecule has 2 aromatic rings. The van der Waals surface area contributed by atoms with Gasteiger partial charge in [0.1, 0.15) is 5.75 Å². The third kappa shape index (κ3) is 3.73. The van der Waals surface area contributed by atoms with Gasteiger partial charge in [-0.05, 0) is 43.8 Å². The van der Waals surface area contributed by atoms with Gasteiger partial charge in [0.15, 0.2) is 11.6 Å². The summed E-state index contributed by atoms with van der Waals surface area (Å²) in [6.45, 7) is 1.98. The largest absolute Gasteiger partial charge is 0.453 e. The van der Waals surface area contributed by atoms with E-state index in [1.165, 1.54) is 6.07 Å². The lowest BCUT2D eigenvalue weighted by Crippen LogP contribution is -2.12. The van der Waals surface area contributed by atoms with Crippen molar-refractivity contribution in [2.24, 2.45) is 0 Å². The Morgan fingerprint density at radius 3 is 2.52 bits per heavy atom. The SMILES string of the molecule is CNC(C)c1ccc(Oc2cc(Br)cc(F)c2F)c(Cl)c1. The van der Waals surface area contributed by atoms with E-state index in [4.69, 9.17) is 16.3 Å². The highest BCUT2D eigenvalue weighted by molar-refractivity contribution is 9.10. The lowest BCUT2D eigenvalue weighted by molar-refractivity contribution is 0.415. The molecular formula is C15H13BrClF2NO. The molecule has 0 bridgehead atoms. The van der Waals surface area contributed by atoms with Crippen molar-refractivity contribution in [2.45, 2.75) is 13.0 Å². The summed E-state index contributed by atoms with van der Waals surface area (Å²) in [5.74, 6) is -2.00. The molecule has 1 atom stereocenters. The normalized spacial score (nSPS) is 12.3. The molecule has 0 aliphatic heterocycles. The van der Waals surface area contributed by atoms with Crippen LogP contribution in [0.3, 0.4) is 0 Å². The van der Waals surface area contributed by atoms with E-state index in [1.54, 1.807) is 12.1 Å². The van der Waals surface area contributed by atoms with Crippen molar-refractivity contribution in [2.75, 3.05) is 7.05 Å². The molecule has 0 heterocycles. The number of halogens is 4. The fourth-order valence-electron chi connectivity index (χ4n) is 1.76. The summed E-state index contributed by atoms with van der Waals surface area (Å²) in [7, 11) is 1.84. The molecular weight excluding hydrogens is 364 g/mol. The second kappa shape index (κ2) is 6.73. The van der Waals surface area contributed by atoms with Crippen LogP contribution in [0.4, 0.5) is 8.78 Å². The van der Waals surface area contributed by atoms with Crippen LogP contribution < -0.4 is 10.1 Å². The van der Waals surface area contributed by atoms with E-state index in [0.717, 1.165) is 11.6 Å². The van der Waals surface area contributed by atoms with Crippen LogP contribution in [0.1, 0.15) is 18.5 Å². The van der Waals surface area contributed by atoms with Gasteiger partial charge in [-0.2, -0.15) is 4.39 Å². The fourth-order valence-corrected chi connectivity index (χ4v) is 2.40. The Hall–Kier alpha value is -1.17. The summed E-state index contributed by atoms with van der Waals surface area (Å²) in [5, 5.41) is 3.41. The van der Waals surface area contributed by atoms with Crippen LogP contribution in [0.15, 0.2) is 34.8 Å². The molecule has 0 aromatic heterocycles. The van der Waals surface area contributed by atoms with Gasteiger partial charge in [0.2, 0.25) is 5.82 Å². The van der Waals surface area contributed by atoms with Crippen LogP contribution in [-0.2, 0) is 0 Å². The highest BCUT2D eigenvalue weighted by Gasteiger charge is 2.14. The Morgan fingerprint density at radius 1 is 1.19 bits per heavy atom. The third-order valence-electron chi connectivity index (χ3n) is 3.07. The Labute approximate surface area is 135 Å².